The zero-order valence-electron chi connectivity index (χ0n) is 11.9. The van der Waals surface area contributed by atoms with E-state index in [-0.39, 0.29) is 17.4 Å². The van der Waals surface area contributed by atoms with Crippen LogP contribution in [0.2, 0.25) is 0 Å². The molecule has 1 amide bonds. The van der Waals surface area contributed by atoms with E-state index in [0.29, 0.717) is 23.4 Å². The van der Waals surface area contributed by atoms with Crippen molar-refractivity contribution in [1.29, 1.82) is 0 Å². The molecule has 7 heteroatoms. The van der Waals surface area contributed by atoms with Crippen molar-refractivity contribution in [2.45, 2.75) is 6.54 Å². The summed E-state index contributed by atoms with van der Waals surface area (Å²) < 4.78 is 0. The summed E-state index contributed by atoms with van der Waals surface area (Å²) in [5, 5.41) is 24.2. The number of aromatic nitrogens is 2. The zero-order chi connectivity index (χ0) is 16.2. The summed E-state index contributed by atoms with van der Waals surface area (Å²) in [7, 11) is 0. The third-order valence-corrected chi connectivity index (χ3v) is 4.01. The lowest BCUT2D eigenvalue weighted by atomic mass is 10.1. The van der Waals surface area contributed by atoms with E-state index in [4.69, 9.17) is 0 Å². The van der Waals surface area contributed by atoms with Crippen molar-refractivity contribution in [3.8, 4) is 22.8 Å². The molecule has 0 fully saturated rings. The van der Waals surface area contributed by atoms with E-state index in [9.17, 15) is 15.0 Å². The van der Waals surface area contributed by atoms with Gasteiger partial charge in [-0.1, -0.05) is 0 Å². The predicted octanol–water partition coefficient (Wildman–Crippen LogP) is 2.55. The first-order chi connectivity index (χ1) is 11.1. The van der Waals surface area contributed by atoms with E-state index < -0.39 is 0 Å². The highest BCUT2D eigenvalue weighted by atomic mass is 32.1. The van der Waals surface area contributed by atoms with Crippen LogP contribution in [0, 0.1) is 0 Å². The van der Waals surface area contributed by atoms with Crippen LogP contribution >= 0.6 is 11.3 Å². The van der Waals surface area contributed by atoms with Gasteiger partial charge in [0.1, 0.15) is 5.01 Å². The van der Waals surface area contributed by atoms with Gasteiger partial charge in [0.15, 0.2) is 11.5 Å². The summed E-state index contributed by atoms with van der Waals surface area (Å²) in [5.74, 6) is -0.553. The number of rotatable bonds is 4. The molecule has 0 aliphatic rings. The fourth-order valence-corrected chi connectivity index (χ4v) is 2.71. The molecule has 0 radical (unpaired) electrons. The van der Waals surface area contributed by atoms with Gasteiger partial charge in [-0.05, 0) is 30.3 Å². The van der Waals surface area contributed by atoms with Crippen molar-refractivity contribution >= 4 is 17.2 Å². The number of carbonyl (C=O) groups is 1. The van der Waals surface area contributed by atoms with Crippen molar-refractivity contribution in [2.24, 2.45) is 0 Å². The lowest BCUT2D eigenvalue weighted by Gasteiger charge is -2.02. The van der Waals surface area contributed by atoms with Crippen LogP contribution in [-0.4, -0.2) is 26.1 Å². The van der Waals surface area contributed by atoms with Crippen molar-refractivity contribution in [3.05, 3.63) is 58.7 Å². The number of nitrogens with one attached hydrogen (secondary N) is 1. The van der Waals surface area contributed by atoms with Gasteiger partial charge >= 0.3 is 0 Å². The quantitative estimate of drug-likeness (QED) is 0.640. The maximum Gasteiger partial charge on any atom is 0.251 e. The number of phenols is 2. The minimum absolute atomic E-state index is 0.172. The number of carbonyl (C=O) groups excluding carboxylic acids is 1. The topological polar surface area (TPSA) is 95.3 Å². The van der Waals surface area contributed by atoms with Gasteiger partial charge in [0.25, 0.3) is 5.91 Å². The van der Waals surface area contributed by atoms with Crippen LogP contribution in [0.5, 0.6) is 11.5 Å². The lowest BCUT2D eigenvalue weighted by Crippen LogP contribution is -2.22. The molecule has 0 saturated heterocycles. The highest BCUT2D eigenvalue weighted by Gasteiger charge is 2.09. The molecule has 2 heterocycles. The first kappa shape index (κ1) is 15.0. The molecule has 2 aromatic heterocycles. The fraction of sp³-hybridized carbons (Fsp3) is 0.0625. The monoisotopic (exact) mass is 327 g/mol. The van der Waals surface area contributed by atoms with Crippen LogP contribution in [-0.2, 0) is 6.54 Å². The number of pyridine rings is 1. The number of hydrogen-bond acceptors (Lipinski definition) is 6. The van der Waals surface area contributed by atoms with Crippen molar-refractivity contribution in [2.75, 3.05) is 0 Å². The van der Waals surface area contributed by atoms with Gasteiger partial charge in [-0.2, -0.15) is 0 Å². The average Bonchev–Trinajstić information content (AvgIpc) is 3.05. The van der Waals surface area contributed by atoms with Gasteiger partial charge in [-0.3, -0.25) is 9.78 Å². The minimum Gasteiger partial charge on any atom is -0.504 e. The molecule has 3 rings (SSSR count). The summed E-state index contributed by atoms with van der Waals surface area (Å²) in [5.41, 5.74) is 1.92. The van der Waals surface area contributed by atoms with E-state index in [1.165, 1.54) is 23.5 Å². The molecule has 1 aromatic carbocycles. The first-order valence-electron chi connectivity index (χ1n) is 6.78. The molecular formula is C16H13N3O3S. The molecule has 0 spiro atoms. The van der Waals surface area contributed by atoms with E-state index in [2.05, 4.69) is 15.3 Å². The van der Waals surface area contributed by atoms with E-state index >= 15 is 0 Å². The second-order valence-corrected chi connectivity index (χ2v) is 5.69. The number of amides is 1. The number of nitrogens with zero attached hydrogens (tertiary/aromatic N) is 2. The predicted molar refractivity (Wildman–Crippen MR) is 86.3 cm³/mol. The number of benzene rings is 1. The molecule has 0 aliphatic heterocycles. The fourth-order valence-electron chi connectivity index (χ4n) is 1.97. The summed E-state index contributed by atoms with van der Waals surface area (Å²) in [4.78, 5) is 20.2. The smallest absolute Gasteiger partial charge is 0.251 e. The Balaban J connectivity index is 1.68. The van der Waals surface area contributed by atoms with E-state index in [1.807, 2.05) is 5.38 Å². The second kappa shape index (κ2) is 6.45. The second-order valence-electron chi connectivity index (χ2n) is 4.75. The molecule has 23 heavy (non-hydrogen) atoms. The highest BCUT2D eigenvalue weighted by Crippen LogP contribution is 2.30. The Kier molecular flexibility index (Phi) is 4.20. The number of phenolic OH excluding ortho intramolecular Hbond substituents is 2. The van der Waals surface area contributed by atoms with Gasteiger partial charge in [0, 0.05) is 28.9 Å². The summed E-state index contributed by atoms with van der Waals surface area (Å²) >= 11 is 1.41. The van der Waals surface area contributed by atoms with Crippen molar-refractivity contribution < 1.29 is 15.0 Å². The Labute approximate surface area is 136 Å². The molecule has 0 unspecified atom stereocenters. The number of aromatic hydroxyl groups is 2. The maximum atomic E-state index is 12.0. The van der Waals surface area contributed by atoms with Crippen LogP contribution < -0.4 is 5.32 Å². The normalized spacial score (nSPS) is 10.4. The minimum atomic E-state index is -0.192. The average molecular weight is 327 g/mol. The number of hydrogen-bond donors (Lipinski definition) is 3. The van der Waals surface area contributed by atoms with Crippen LogP contribution in [0.15, 0.2) is 48.1 Å². The standard InChI is InChI=1S/C16H13N3O3S/c20-13-2-1-11(7-14(13)21)12-9-23-15(19-12)8-18-16(22)10-3-5-17-6-4-10/h1-7,9,20-21H,8H2,(H,18,22). The molecule has 3 aromatic rings. The molecular weight excluding hydrogens is 314 g/mol. The molecule has 0 atom stereocenters. The maximum absolute atomic E-state index is 12.0. The van der Waals surface area contributed by atoms with Gasteiger partial charge in [0.05, 0.1) is 12.2 Å². The Morgan fingerprint density at radius 2 is 1.91 bits per heavy atom. The largest absolute Gasteiger partial charge is 0.504 e. The zero-order valence-corrected chi connectivity index (χ0v) is 12.7. The molecule has 0 bridgehead atoms. The molecule has 116 valence electrons. The highest BCUT2D eigenvalue weighted by molar-refractivity contribution is 7.09. The van der Waals surface area contributed by atoms with Crippen LogP contribution in [0.1, 0.15) is 15.4 Å². The van der Waals surface area contributed by atoms with E-state index in [0.717, 1.165) is 5.01 Å². The van der Waals surface area contributed by atoms with Crippen LogP contribution in [0.3, 0.4) is 0 Å². The Morgan fingerprint density at radius 3 is 2.65 bits per heavy atom. The van der Waals surface area contributed by atoms with Gasteiger partial charge < -0.3 is 15.5 Å². The summed E-state index contributed by atoms with van der Waals surface area (Å²) in [6, 6.07) is 7.81. The van der Waals surface area contributed by atoms with Gasteiger partial charge in [-0.15, -0.1) is 11.3 Å². The third-order valence-electron chi connectivity index (χ3n) is 3.17. The van der Waals surface area contributed by atoms with Gasteiger partial charge in [0.2, 0.25) is 0 Å². The molecule has 0 aliphatic carbocycles. The Hall–Kier alpha value is -2.93. The molecule has 3 N–H and O–H groups in total. The molecule has 6 nitrogen and oxygen atoms in total. The van der Waals surface area contributed by atoms with Crippen molar-refractivity contribution in [3.63, 3.8) is 0 Å². The summed E-state index contributed by atoms with van der Waals surface area (Å²) in [6.45, 7) is 0.315. The van der Waals surface area contributed by atoms with Crippen LogP contribution in [0.4, 0.5) is 0 Å². The van der Waals surface area contributed by atoms with Gasteiger partial charge in [-0.25, -0.2) is 4.98 Å². The first-order valence-corrected chi connectivity index (χ1v) is 7.66. The molecule has 0 saturated carbocycles. The number of thiazole rings is 1. The summed E-state index contributed by atoms with van der Waals surface area (Å²) in [6.07, 6.45) is 3.13. The Morgan fingerprint density at radius 1 is 1.13 bits per heavy atom. The Bertz CT molecular complexity index is 834. The van der Waals surface area contributed by atoms with E-state index in [1.54, 1.807) is 30.6 Å². The van der Waals surface area contributed by atoms with Crippen molar-refractivity contribution in [1.82, 2.24) is 15.3 Å². The lowest BCUT2D eigenvalue weighted by molar-refractivity contribution is 0.0950. The van der Waals surface area contributed by atoms with Crippen LogP contribution in [0.25, 0.3) is 11.3 Å². The SMILES string of the molecule is O=C(NCc1nc(-c2ccc(O)c(O)c2)cs1)c1ccncc1. The third kappa shape index (κ3) is 3.46.